The van der Waals surface area contributed by atoms with E-state index in [2.05, 4.69) is 73.2 Å². The Morgan fingerprint density at radius 3 is 2.60 bits per heavy atom. The van der Waals surface area contributed by atoms with Crippen molar-refractivity contribution in [3.63, 3.8) is 0 Å². The molecule has 0 atom stereocenters. The summed E-state index contributed by atoms with van der Waals surface area (Å²) in [6.07, 6.45) is 4.44. The van der Waals surface area contributed by atoms with E-state index in [0.29, 0.717) is 0 Å². The van der Waals surface area contributed by atoms with Crippen LogP contribution in [-0.4, -0.2) is 4.57 Å². The maximum absolute atomic E-state index is 2.39. The minimum atomic E-state index is 1.00. The first kappa shape index (κ1) is 13.2. The lowest BCUT2D eigenvalue weighted by atomic mass is 10.1. The van der Waals surface area contributed by atoms with Gasteiger partial charge in [0.2, 0.25) is 0 Å². The molecular formula is C18H19NS. The molecule has 2 aromatic heterocycles. The van der Waals surface area contributed by atoms with Gasteiger partial charge in [-0.05, 0) is 49.9 Å². The highest BCUT2D eigenvalue weighted by molar-refractivity contribution is 7.13. The number of nitrogens with zero attached hydrogens (tertiary/aromatic N) is 1. The predicted octanol–water partition coefficient (Wildman–Crippen LogP) is 3.99. The van der Waals surface area contributed by atoms with E-state index < -0.39 is 0 Å². The molecule has 3 rings (SSSR count). The van der Waals surface area contributed by atoms with Gasteiger partial charge >= 0.3 is 0 Å². The number of hydrogen-bond donors (Lipinski definition) is 0. The highest BCUT2D eigenvalue weighted by Crippen LogP contribution is 2.26. The molecule has 0 aliphatic heterocycles. The number of aryl methyl sites for hydroxylation is 1. The molecule has 0 amide bonds. The largest absolute Gasteiger partial charge is 0.341 e. The summed E-state index contributed by atoms with van der Waals surface area (Å²) in [6.45, 7) is 7.45. The van der Waals surface area contributed by atoms with Crippen molar-refractivity contribution in [1.82, 2.24) is 4.57 Å². The van der Waals surface area contributed by atoms with E-state index in [1.807, 2.05) is 0 Å². The lowest BCUT2D eigenvalue weighted by Crippen LogP contribution is -2.28. The molecule has 2 heterocycles. The molecule has 0 aliphatic rings. The minimum Gasteiger partial charge on any atom is -0.341 e. The maximum atomic E-state index is 2.39. The van der Waals surface area contributed by atoms with Crippen molar-refractivity contribution in [2.75, 3.05) is 0 Å². The lowest BCUT2D eigenvalue weighted by Gasteiger charge is -2.03. The van der Waals surface area contributed by atoms with Crippen LogP contribution in [0.4, 0.5) is 0 Å². The van der Waals surface area contributed by atoms with Crippen molar-refractivity contribution in [3.05, 3.63) is 46.3 Å². The lowest BCUT2D eigenvalue weighted by molar-refractivity contribution is 0.770. The van der Waals surface area contributed by atoms with Crippen molar-refractivity contribution < 1.29 is 0 Å². The fourth-order valence-corrected chi connectivity index (χ4v) is 3.68. The molecule has 0 bridgehead atoms. The molecule has 102 valence electrons. The Hall–Kier alpha value is -1.80. The van der Waals surface area contributed by atoms with E-state index in [0.717, 1.165) is 6.54 Å². The molecule has 1 aromatic carbocycles. The molecule has 0 N–H and O–H groups in total. The van der Waals surface area contributed by atoms with E-state index in [1.165, 1.54) is 31.9 Å². The predicted molar refractivity (Wildman–Crippen MR) is 90.5 cm³/mol. The van der Waals surface area contributed by atoms with Gasteiger partial charge in [-0.25, -0.2) is 0 Å². The Balaban J connectivity index is 2.41. The first-order valence-corrected chi connectivity index (χ1v) is 7.97. The van der Waals surface area contributed by atoms with Crippen molar-refractivity contribution in [2.24, 2.45) is 0 Å². The van der Waals surface area contributed by atoms with Gasteiger partial charge < -0.3 is 4.57 Å². The summed E-state index contributed by atoms with van der Waals surface area (Å²) in [5, 5.41) is 6.17. The van der Waals surface area contributed by atoms with E-state index in [4.69, 9.17) is 0 Å². The van der Waals surface area contributed by atoms with E-state index in [1.54, 1.807) is 11.3 Å². The Morgan fingerprint density at radius 2 is 2.00 bits per heavy atom. The highest BCUT2D eigenvalue weighted by atomic mass is 32.1. The number of thiophene rings is 1. The standard InChI is InChI=1S/C18H19NS/c1-4-14-15-12-13(18-8-7-11-20-18)9-10-17(15)19(6-3)16(14)5-2/h4-5,7-12H,6H2,1-3H3. The number of rotatable bonds is 2. The van der Waals surface area contributed by atoms with Crippen molar-refractivity contribution in [1.29, 1.82) is 0 Å². The van der Waals surface area contributed by atoms with Gasteiger partial charge in [-0.1, -0.05) is 24.3 Å². The summed E-state index contributed by atoms with van der Waals surface area (Å²) in [7, 11) is 0. The molecule has 0 saturated heterocycles. The van der Waals surface area contributed by atoms with Gasteiger partial charge in [0, 0.05) is 32.9 Å². The molecule has 20 heavy (non-hydrogen) atoms. The molecule has 0 spiro atoms. The van der Waals surface area contributed by atoms with Crippen LogP contribution in [0.25, 0.3) is 33.5 Å². The normalized spacial score (nSPS) is 13.6. The number of benzene rings is 1. The SMILES string of the molecule is CC=c1c(=CC)n(CC)c2ccc(-c3cccs3)cc12. The van der Waals surface area contributed by atoms with Crippen LogP contribution in [0.15, 0.2) is 35.7 Å². The molecule has 0 fully saturated rings. The van der Waals surface area contributed by atoms with Crippen LogP contribution in [0.1, 0.15) is 20.8 Å². The summed E-state index contributed by atoms with van der Waals surface area (Å²) in [4.78, 5) is 1.33. The smallest absolute Gasteiger partial charge is 0.0491 e. The third kappa shape index (κ3) is 1.92. The average Bonchev–Trinajstić information content (AvgIpc) is 3.11. The number of hydrogen-bond acceptors (Lipinski definition) is 1. The van der Waals surface area contributed by atoms with Crippen LogP contribution >= 0.6 is 11.3 Å². The van der Waals surface area contributed by atoms with Gasteiger partial charge in [0.05, 0.1) is 0 Å². The first-order valence-electron chi connectivity index (χ1n) is 7.09. The van der Waals surface area contributed by atoms with Crippen LogP contribution in [0.2, 0.25) is 0 Å². The number of aromatic nitrogens is 1. The third-order valence-corrected chi connectivity index (χ3v) is 4.75. The molecule has 2 heteroatoms. The second kappa shape index (κ2) is 5.29. The Labute approximate surface area is 123 Å². The van der Waals surface area contributed by atoms with Gasteiger partial charge in [-0.15, -0.1) is 11.3 Å². The molecular weight excluding hydrogens is 262 g/mol. The molecule has 1 nitrogen and oxygen atoms in total. The molecule has 3 aromatic rings. The molecule has 0 saturated carbocycles. The quantitative estimate of drug-likeness (QED) is 0.669. The zero-order valence-electron chi connectivity index (χ0n) is 12.2. The van der Waals surface area contributed by atoms with Crippen LogP contribution in [0.3, 0.4) is 0 Å². The second-order valence-electron chi connectivity index (χ2n) is 4.83. The molecule has 0 unspecified atom stereocenters. The van der Waals surface area contributed by atoms with Crippen molar-refractivity contribution in [3.8, 4) is 10.4 Å². The van der Waals surface area contributed by atoms with Crippen LogP contribution in [0.5, 0.6) is 0 Å². The van der Waals surface area contributed by atoms with Crippen LogP contribution < -0.4 is 10.6 Å². The third-order valence-electron chi connectivity index (χ3n) is 3.83. The maximum Gasteiger partial charge on any atom is 0.0491 e. The molecule has 0 radical (unpaired) electrons. The second-order valence-corrected chi connectivity index (χ2v) is 5.78. The van der Waals surface area contributed by atoms with E-state index in [-0.39, 0.29) is 0 Å². The van der Waals surface area contributed by atoms with Gasteiger partial charge in [0.1, 0.15) is 0 Å². The Morgan fingerprint density at radius 1 is 1.15 bits per heavy atom. The fourth-order valence-electron chi connectivity index (χ4n) is 2.95. The topological polar surface area (TPSA) is 4.93 Å². The summed E-state index contributed by atoms with van der Waals surface area (Å²) < 4.78 is 2.39. The average molecular weight is 281 g/mol. The first-order chi connectivity index (χ1) is 9.80. The minimum absolute atomic E-state index is 1.00. The Bertz CT molecular complexity index is 851. The van der Waals surface area contributed by atoms with Crippen LogP contribution in [-0.2, 0) is 6.54 Å². The van der Waals surface area contributed by atoms with Crippen LogP contribution in [0, 0.1) is 0 Å². The zero-order valence-corrected chi connectivity index (χ0v) is 13.0. The summed E-state index contributed by atoms with van der Waals surface area (Å²) in [5.74, 6) is 0. The molecule has 0 aliphatic carbocycles. The highest BCUT2D eigenvalue weighted by Gasteiger charge is 2.07. The van der Waals surface area contributed by atoms with Gasteiger partial charge in [0.25, 0.3) is 0 Å². The summed E-state index contributed by atoms with van der Waals surface area (Å²) in [5.41, 5.74) is 2.64. The van der Waals surface area contributed by atoms with Gasteiger partial charge in [-0.3, -0.25) is 0 Å². The van der Waals surface area contributed by atoms with Crippen molar-refractivity contribution >= 4 is 34.4 Å². The van der Waals surface area contributed by atoms with E-state index in [9.17, 15) is 0 Å². The monoisotopic (exact) mass is 281 g/mol. The Kier molecular flexibility index (Phi) is 3.49. The van der Waals surface area contributed by atoms with Crippen molar-refractivity contribution in [2.45, 2.75) is 27.3 Å². The summed E-state index contributed by atoms with van der Waals surface area (Å²) >= 11 is 1.80. The van der Waals surface area contributed by atoms with Gasteiger partial charge in [0.15, 0.2) is 0 Å². The fraction of sp³-hybridized carbons (Fsp3) is 0.222. The number of fused-ring (bicyclic) bond motifs is 1. The zero-order chi connectivity index (χ0) is 14.1. The van der Waals surface area contributed by atoms with E-state index >= 15 is 0 Å². The van der Waals surface area contributed by atoms with Gasteiger partial charge in [-0.2, -0.15) is 0 Å². The summed E-state index contributed by atoms with van der Waals surface area (Å²) in [6, 6.07) is 11.1.